The zero-order valence-electron chi connectivity index (χ0n) is 35.9. The second kappa shape index (κ2) is 14.0. The average molecular weight is 826 g/mol. The van der Waals surface area contributed by atoms with E-state index in [1.807, 2.05) is 0 Å². The summed E-state index contributed by atoms with van der Waals surface area (Å²) < 4.78 is 2.54. The Balaban J connectivity index is 0.960. The van der Waals surface area contributed by atoms with Crippen molar-refractivity contribution in [1.29, 1.82) is 0 Å². The summed E-state index contributed by atoms with van der Waals surface area (Å²) in [7, 11) is 0. The summed E-state index contributed by atoms with van der Waals surface area (Å²) in [5.41, 5.74) is 25.6. The topological polar surface area (TPSA) is 4.93 Å². The zero-order valence-corrected chi connectivity index (χ0v) is 35.9. The average Bonchev–Trinajstić information content (AvgIpc) is 3.83. The van der Waals surface area contributed by atoms with Crippen molar-refractivity contribution < 1.29 is 0 Å². The second-order valence-corrected chi connectivity index (χ2v) is 18.3. The van der Waals surface area contributed by atoms with Gasteiger partial charge >= 0.3 is 0 Å². The molecule has 1 atom stereocenters. The Morgan fingerprint density at radius 1 is 0.385 bits per heavy atom. The van der Waals surface area contributed by atoms with Gasteiger partial charge in [0, 0.05) is 16.3 Å². The molecule has 1 nitrogen and oxygen atoms in total. The van der Waals surface area contributed by atoms with Crippen molar-refractivity contribution in [2.24, 2.45) is 0 Å². The van der Waals surface area contributed by atoms with Gasteiger partial charge in [-0.15, -0.1) is 0 Å². The smallest absolute Gasteiger partial charge is 0.0726 e. The van der Waals surface area contributed by atoms with Gasteiger partial charge in [0.1, 0.15) is 0 Å². The summed E-state index contributed by atoms with van der Waals surface area (Å²) in [4.78, 5) is 0. The zero-order chi connectivity index (χ0) is 42.6. The molecular formula is C64H43N. The number of aromatic nitrogens is 1. The van der Waals surface area contributed by atoms with E-state index in [4.69, 9.17) is 0 Å². The highest BCUT2D eigenvalue weighted by molar-refractivity contribution is 6.11. The molecule has 1 heteroatoms. The minimum Gasteiger partial charge on any atom is -0.309 e. The third-order valence-corrected chi connectivity index (χ3v) is 15.1. The maximum absolute atomic E-state index is 2.54. The molecule has 0 saturated carbocycles. The van der Waals surface area contributed by atoms with Gasteiger partial charge < -0.3 is 4.57 Å². The molecule has 0 bridgehead atoms. The Hall–Kier alpha value is -8.00. The van der Waals surface area contributed by atoms with Crippen LogP contribution in [0.4, 0.5) is 0 Å². The van der Waals surface area contributed by atoms with E-state index in [9.17, 15) is 0 Å². The van der Waals surface area contributed by atoms with Crippen LogP contribution < -0.4 is 0 Å². The Morgan fingerprint density at radius 3 is 1.69 bits per heavy atom. The molecule has 0 amide bonds. The summed E-state index contributed by atoms with van der Waals surface area (Å²) in [6, 6.07) is 87.0. The molecule has 3 aliphatic rings. The molecule has 3 aliphatic carbocycles. The first-order valence-corrected chi connectivity index (χ1v) is 23.1. The van der Waals surface area contributed by atoms with Gasteiger partial charge in [-0.3, -0.25) is 0 Å². The van der Waals surface area contributed by atoms with Crippen molar-refractivity contribution in [3.05, 3.63) is 269 Å². The van der Waals surface area contributed by atoms with Gasteiger partial charge in [-0.2, -0.15) is 0 Å². The highest BCUT2D eigenvalue weighted by Crippen LogP contribution is 2.62. The lowest BCUT2D eigenvalue weighted by molar-refractivity contribution is 0.673. The molecule has 304 valence electrons. The van der Waals surface area contributed by atoms with E-state index in [0.29, 0.717) is 5.92 Å². The van der Waals surface area contributed by atoms with Crippen LogP contribution in [0.2, 0.25) is 0 Å². The van der Waals surface area contributed by atoms with Gasteiger partial charge in [0.2, 0.25) is 0 Å². The van der Waals surface area contributed by atoms with Crippen LogP contribution in [0.3, 0.4) is 0 Å². The molecule has 1 heterocycles. The van der Waals surface area contributed by atoms with Crippen LogP contribution in [0.25, 0.3) is 83.1 Å². The van der Waals surface area contributed by atoms with Crippen LogP contribution in [0, 0.1) is 0 Å². The fourth-order valence-electron chi connectivity index (χ4n) is 12.4. The van der Waals surface area contributed by atoms with E-state index in [-0.39, 0.29) is 0 Å². The molecule has 0 aliphatic heterocycles. The first-order chi connectivity index (χ1) is 32.3. The Kier molecular flexibility index (Phi) is 7.86. The summed E-state index contributed by atoms with van der Waals surface area (Å²) in [6.45, 7) is 0. The predicted octanol–water partition coefficient (Wildman–Crippen LogP) is 16.0. The number of benzene rings is 10. The van der Waals surface area contributed by atoms with Crippen molar-refractivity contribution in [1.82, 2.24) is 4.57 Å². The van der Waals surface area contributed by atoms with E-state index in [1.54, 1.807) is 0 Å². The van der Waals surface area contributed by atoms with Gasteiger partial charge in [-0.25, -0.2) is 0 Å². The molecule has 0 radical (unpaired) electrons. The van der Waals surface area contributed by atoms with Gasteiger partial charge in [-0.05, 0) is 138 Å². The maximum atomic E-state index is 2.54. The van der Waals surface area contributed by atoms with Crippen LogP contribution in [-0.4, -0.2) is 4.57 Å². The molecule has 0 N–H and O–H groups in total. The third-order valence-electron chi connectivity index (χ3n) is 15.1. The highest BCUT2D eigenvalue weighted by atomic mass is 15.0. The number of hydrogen-bond acceptors (Lipinski definition) is 0. The summed E-state index contributed by atoms with van der Waals surface area (Å²) in [5, 5.41) is 2.52. The minimum atomic E-state index is -0.535. The van der Waals surface area contributed by atoms with Crippen LogP contribution in [0.15, 0.2) is 231 Å². The summed E-state index contributed by atoms with van der Waals surface area (Å²) >= 11 is 0. The monoisotopic (exact) mass is 825 g/mol. The summed E-state index contributed by atoms with van der Waals surface area (Å²) in [5.74, 6) is 0.457. The van der Waals surface area contributed by atoms with E-state index in [0.717, 1.165) is 12.8 Å². The molecule has 11 aromatic rings. The number of para-hydroxylation sites is 1. The van der Waals surface area contributed by atoms with Crippen LogP contribution in [0.1, 0.15) is 44.9 Å². The van der Waals surface area contributed by atoms with Crippen LogP contribution in [-0.2, 0) is 18.3 Å². The Labute approximate surface area is 379 Å². The minimum absolute atomic E-state index is 0.457. The molecule has 0 saturated heterocycles. The second-order valence-electron chi connectivity index (χ2n) is 18.3. The molecule has 10 aromatic carbocycles. The third kappa shape index (κ3) is 5.15. The normalized spacial score (nSPS) is 14.7. The Bertz CT molecular complexity index is 3670. The largest absolute Gasteiger partial charge is 0.309 e. The molecule has 1 unspecified atom stereocenters. The first-order valence-electron chi connectivity index (χ1n) is 23.1. The van der Waals surface area contributed by atoms with Crippen molar-refractivity contribution in [2.45, 2.75) is 24.2 Å². The molecule has 14 rings (SSSR count). The van der Waals surface area contributed by atoms with E-state index in [1.165, 1.54) is 122 Å². The maximum Gasteiger partial charge on any atom is 0.0726 e. The quantitative estimate of drug-likeness (QED) is 0.167. The highest BCUT2D eigenvalue weighted by Gasteiger charge is 2.50. The molecule has 0 fully saturated rings. The lowest BCUT2D eigenvalue weighted by Crippen LogP contribution is -2.29. The molecule has 65 heavy (non-hydrogen) atoms. The van der Waals surface area contributed by atoms with Gasteiger partial charge in [0.05, 0.1) is 22.1 Å². The molecule has 1 aromatic heterocycles. The lowest BCUT2D eigenvalue weighted by Gasteiger charge is -2.35. The standard InChI is InChI=1S/C64H43N/c1-2-17-41(18-3-1)37-45-38-44-34-33-42(39-54(44)47-20-5-4-19-46(45)47)43-35-36-61-55(40-43)52-25-11-15-31-60(52)65(61)62-32-16-30-59-63(62)53-26-10-14-29-58(53)64(59)56-27-12-8-23-50(56)48-21-6-7-22-49(48)51-24-9-13-28-57(51)64/h1-36,39-40,45H,37-38H2. The predicted molar refractivity (Wildman–Crippen MR) is 270 cm³/mol. The van der Waals surface area contributed by atoms with Gasteiger partial charge in [-0.1, -0.05) is 200 Å². The first kappa shape index (κ1) is 36.5. The molecular weight excluding hydrogens is 783 g/mol. The van der Waals surface area contributed by atoms with Crippen molar-refractivity contribution in [3.8, 4) is 61.3 Å². The molecule has 1 spiro atoms. The number of hydrogen-bond donors (Lipinski definition) is 0. The van der Waals surface area contributed by atoms with E-state index in [2.05, 4.69) is 235 Å². The number of rotatable bonds is 4. The van der Waals surface area contributed by atoms with Crippen molar-refractivity contribution in [2.75, 3.05) is 0 Å². The van der Waals surface area contributed by atoms with Crippen molar-refractivity contribution in [3.63, 3.8) is 0 Å². The lowest BCUT2D eigenvalue weighted by atomic mass is 9.66. The van der Waals surface area contributed by atoms with Crippen LogP contribution in [0.5, 0.6) is 0 Å². The van der Waals surface area contributed by atoms with Crippen LogP contribution >= 0.6 is 0 Å². The van der Waals surface area contributed by atoms with E-state index >= 15 is 0 Å². The van der Waals surface area contributed by atoms with E-state index < -0.39 is 5.41 Å². The number of nitrogens with zero attached hydrogens (tertiary/aromatic N) is 1. The fraction of sp³-hybridized carbons (Fsp3) is 0.0625. The Morgan fingerprint density at radius 2 is 0.938 bits per heavy atom. The van der Waals surface area contributed by atoms with Crippen molar-refractivity contribution >= 4 is 21.8 Å². The summed E-state index contributed by atoms with van der Waals surface area (Å²) in [6.07, 6.45) is 2.09. The van der Waals surface area contributed by atoms with Gasteiger partial charge in [0.25, 0.3) is 0 Å². The number of fused-ring (bicyclic) bond motifs is 18. The fourth-order valence-corrected chi connectivity index (χ4v) is 12.4. The van der Waals surface area contributed by atoms with Gasteiger partial charge in [0.15, 0.2) is 0 Å². The SMILES string of the molecule is c1ccc(CC2Cc3ccc(-c4ccc5c(c4)c4ccccc4n5-c4cccc5c4-c4ccccc4C54c5ccccc5-c5ccccc5-c5ccccc54)cc3-c3ccccc32)cc1.